The number of rotatable bonds is 5. The Morgan fingerprint density at radius 2 is 1.97 bits per heavy atom. The molecule has 0 spiro atoms. The fourth-order valence-corrected chi connectivity index (χ4v) is 3.23. The number of ether oxygens (including phenoxy) is 1. The van der Waals surface area contributed by atoms with Gasteiger partial charge in [-0.25, -0.2) is 9.97 Å². The van der Waals surface area contributed by atoms with Gasteiger partial charge in [0.05, 0.1) is 23.7 Å². The summed E-state index contributed by atoms with van der Waals surface area (Å²) in [6.07, 6.45) is -2.90. The number of methoxy groups -OCH3 is 1. The van der Waals surface area contributed by atoms with Crippen molar-refractivity contribution in [2.75, 3.05) is 13.7 Å². The van der Waals surface area contributed by atoms with Crippen LogP contribution in [0.1, 0.15) is 10.4 Å². The van der Waals surface area contributed by atoms with Gasteiger partial charge in [0.25, 0.3) is 5.91 Å². The number of H-pyrrole nitrogens is 1. The van der Waals surface area contributed by atoms with Crippen molar-refractivity contribution in [3.05, 3.63) is 60.3 Å². The number of halogens is 3. The number of alkyl halides is 3. The van der Waals surface area contributed by atoms with Crippen LogP contribution in [0, 0.1) is 0 Å². The van der Waals surface area contributed by atoms with Crippen LogP contribution in [0.4, 0.5) is 13.2 Å². The molecule has 0 aliphatic rings. The fraction of sp³-hybridized carbons (Fsp3) is 0.136. The monoisotopic (exact) mass is 442 g/mol. The zero-order valence-electron chi connectivity index (χ0n) is 16.7. The van der Waals surface area contributed by atoms with E-state index in [9.17, 15) is 23.1 Å². The predicted molar refractivity (Wildman–Crippen MR) is 111 cm³/mol. The third-order valence-corrected chi connectivity index (χ3v) is 4.72. The van der Waals surface area contributed by atoms with E-state index in [1.54, 1.807) is 24.4 Å². The van der Waals surface area contributed by atoms with E-state index in [4.69, 9.17) is 4.74 Å². The lowest BCUT2D eigenvalue weighted by atomic mass is 10.0. The van der Waals surface area contributed by atoms with Gasteiger partial charge in [-0.05, 0) is 48.0 Å². The standard InChI is InChI=1S/C22H17F3N4O3/c1-32-21-14(3-2-8-26-21)12-5-7-18(30)15(9-12)19-28-16-6-4-13(10-17(16)29-19)20(31)27-11-22(23,24)25/h2-10,30H,11H2,1H3,(H,27,31)(H,28,29). The highest BCUT2D eigenvalue weighted by molar-refractivity contribution is 5.97. The molecule has 10 heteroatoms. The number of carbonyl (C=O) groups is 1. The Hall–Kier alpha value is -4.08. The summed E-state index contributed by atoms with van der Waals surface area (Å²) in [5.41, 5.74) is 2.81. The van der Waals surface area contributed by atoms with Crippen molar-refractivity contribution in [2.45, 2.75) is 6.18 Å². The van der Waals surface area contributed by atoms with Crippen LogP contribution < -0.4 is 10.1 Å². The Kier molecular flexibility index (Phi) is 5.43. The molecule has 4 rings (SSSR count). The van der Waals surface area contributed by atoms with E-state index >= 15 is 0 Å². The second-order valence-electron chi connectivity index (χ2n) is 6.91. The highest BCUT2D eigenvalue weighted by Crippen LogP contribution is 2.35. The maximum atomic E-state index is 12.4. The molecule has 0 unspecified atom stereocenters. The number of phenolic OH excluding ortho intramolecular Hbond substituents is 1. The van der Waals surface area contributed by atoms with E-state index in [2.05, 4.69) is 15.0 Å². The van der Waals surface area contributed by atoms with Crippen LogP contribution in [-0.4, -0.2) is 45.8 Å². The molecule has 0 fully saturated rings. The predicted octanol–water partition coefficient (Wildman–Crippen LogP) is 4.30. The van der Waals surface area contributed by atoms with E-state index in [-0.39, 0.29) is 11.3 Å². The minimum absolute atomic E-state index is 0.0289. The molecule has 1 amide bonds. The van der Waals surface area contributed by atoms with E-state index < -0.39 is 18.6 Å². The summed E-state index contributed by atoms with van der Waals surface area (Å²) < 4.78 is 42.3. The van der Waals surface area contributed by atoms with Crippen LogP contribution in [0.25, 0.3) is 33.5 Å². The number of phenols is 1. The number of aromatic nitrogens is 3. The summed E-state index contributed by atoms with van der Waals surface area (Å²) >= 11 is 0. The number of amides is 1. The highest BCUT2D eigenvalue weighted by Gasteiger charge is 2.28. The van der Waals surface area contributed by atoms with Crippen molar-refractivity contribution in [1.29, 1.82) is 0 Å². The second kappa shape index (κ2) is 8.22. The molecule has 0 aliphatic heterocycles. The zero-order chi connectivity index (χ0) is 22.9. The topological polar surface area (TPSA) is 100 Å². The average molecular weight is 442 g/mol. The first-order chi connectivity index (χ1) is 15.2. The molecule has 0 aliphatic carbocycles. The van der Waals surface area contributed by atoms with Crippen LogP contribution in [0.15, 0.2) is 54.7 Å². The number of hydrogen-bond acceptors (Lipinski definition) is 5. The molecule has 2 aromatic heterocycles. The first-order valence-corrected chi connectivity index (χ1v) is 9.42. The summed E-state index contributed by atoms with van der Waals surface area (Å²) in [7, 11) is 1.51. The fourth-order valence-electron chi connectivity index (χ4n) is 3.23. The molecule has 0 saturated heterocycles. The summed E-state index contributed by atoms with van der Waals surface area (Å²) in [6, 6.07) is 12.8. The van der Waals surface area contributed by atoms with Gasteiger partial charge in [0.15, 0.2) is 0 Å². The van der Waals surface area contributed by atoms with E-state index in [0.717, 1.165) is 11.1 Å². The van der Waals surface area contributed by atoms with Gasteiger partial charge in [0.2, 0.25) is 5.88 Å². The number of nitrogens with zero attached hydrogens (tertiary/aromatic N) is 2. The lowest BCUT2D eigenvalue weighted by Crippen LogP contribution is -2.33. The van der Waals surface area contributed by atoms with Gasteiger partial charge in [-0.1, -0.05) is 6.07 Å². The molecule has 0 atom stereocenters. The van der Waals surface area contributed by atoms with Crippen molar-refractivity contribution < 1.29 is 27.8 Å². The number of hydrogen-bond donors (Lipinski definition) is 3. The van der Waals surface area contributed by atoms with Gasteiger partial charge in [-0.3, -0.25) is 4.79 Å². The first kappa shape index (κ1) is 21.2. The van der Waals surface area contributed by atoms with Gasteiger partial charge in [-0.15, -0.1) is 0 Å². The van der Waals surface area contributed by atoms with E-state index in [1.165, 1.54) is 31.4 Å². The molecule has 0 saturated carbocycles. The van der Waals surface area contributed by atoms with Gasteiger partial charge < -0.3 is 20.1 Å². The number of fused-ring (bicyclic) bond motifs is 1. The lowest BCUT2D eigenvalue weighted by molar-refractivity contribution is -0.123. The van der Waals surface area contributed by atoms with Crippen molar-refractivity contribution in [3.8, 4) is 34.1 Å². The van der Waals surface area contributed by atoms with Crippen LogP contribution in [-0.2, 0) is 0 Å². The largest absolute Gasteiger partial charge is 0.507 e. The van der Waals surface area contributed by atoms with Crippen molar-refractivity contribution in [3.63, 3.8) is 0 Å². The number of nitrogens with one attached hydrogen (secondary N) is 2. The quantitative estimate of drug-likeness (QED) is 0.428. The molecule has 0 radical (unpaired) electrons. The SMILES string of the molecule is COc1ncccc1-c1ccc(O)c(-c2nc3ccc(C(=O)NCC(F)(F)F)cc3[nH]2)c1. The molecule has 3 N–H and O–H groups in total. The van der Waals surface area contributed by atoms with Crippen LogP contribution in [0.3, 0.4) is 0 Å². The Labute approximate surface area is 179 Å². The third-order valence-electron chi connectivity index (χ3n) is 4.72. The summed E-state index contributed by atoms with van der Waals surface area (Å²) in [5, 5.41) is 12.2. The van der Waals surface area contributed by atoms with Crippen molar-refractivity contribution in [1.82, 2.24) is 20.3 Å². The molecule has 7 nitrogen and oxygen atoms in total. The Morgan fingerprint density at radius 3 is 2.72 bits per heavy atom. The molecule has 4 aromatic rings. The maximum absolute atomic E-state index is 12.4. The number of carbonyl (C=O) groups excluding carboxylic acids is 1. The van der Waals surface area contributed by atoms with Gasteiger partial charge in [0, 0.05) is 17.3 Å². The number of aromatic hydroxyl groups is 1. The number of imidazole rings is 1. The zero-order valence-corrected chi connectivity index (χ0v) is 16.7. The first-order valence-electron chi connectivity index (χ1n) is 9.42. The Bertz CT molecular complexity index is 1300. The van der Waals surface area contributed by atoms with Gasteiger partial charge in [-0.2, -0.15) is 13.2 Å². The molecule has 32 heavy (non-hydrogen) atoms. The number of benzene rings is 2. The molecular weight excluding hydrogens is 425 g/mol. The van der Waals surface area contributed by atoms with Gasteiger partial charge in [0.1, 0.15) is 18.1 Å². The highest BCUT2D eigenvalue weighted by atomic mass is 19.4. The lowest BCUT2D eigenvalue weighted by Gasteiger charge is -2.09. The van der Waals surface area contributed by atoms with Gasteiger partial charge >= 0.3 is 6.18 Å². The Morgan fingerprint density at radius 1 is 1.16 bits per heavy atom. The minimum atomic E-state index is -4.50. The maximum Gasteiger partial charge on any atom is 0.405 e. The van der Waals surface area contributed by atoms with E-state index in [1.807, 2.05) is 11.4 Å². The van der Waals surface area contributed by atoms with Crippen LogP contribution in [0.2, 0.25) is 0 Å². The van der Waals surface area contributed by atoms with Crippen molar-refractivity contribution >= 4 is 16.9 Å². The minimum Gasteiger partial charge on any atom is -0.507 e. The van der Waals surface area contributed by atoms with Crippen LogP contribution in [0.5, 0.6) is 11.6 Å². The number of aromatic amines is 1. The number of pyridine rings is 1. The van der Waals surface area contributed by atoms with Crippen molar-refractivity contribution in [2.24, 2.45) is 0 Å². The molecule has 2 aromatic carbocycles. The third kappa shape index (κ3) is 4.34. The molecular formula is C22H17F3N4O3. The summed E-state index contributed by atoms with van der Waals surface area (Å²) in [6.45, 7) is -1.42. The van der Waals surface area contributed by atoms with Crippen LogP contribution >= 0.6 is 0 Å². The van der Waals surface area contributed by atoms with E-state index in [0.29, 0.717) is 28.3 Å². The smallest absolute Gasteiger partial charge is 0.405 e. The molecule has 164 valence electrons. The summed E-state index contributed by atoms with van der Waals surface area (Å²) in [4.78, 5) is 23.6. The second-order valence-corrected chi connectivity index (χ2v) is 6.91. The molecule has 2 heterocycles. The Balaban J connectivity index is 1.69. The average Bonchev–Trinajstić information content (AvgIpc) is 3.20. The summed E-state index contributed by atoms with van der Waals surface area (Å²) in [5.74, 6) is -0.133. The molecule has 0 bridgehead atoms. The normalized spacial score (nSPS) is 11.5.